The maximum absolute atomic E-state index is 7.20. The number of ether oxygens (including phenoxy) is 2. The molecule has 0 atom stereocenters. The highest BCUT2D eigenvalue weighted by Gasteiger charge is 2.47. The molecule has 0 aromatic heterocycles. The number of benzene rings is 9. The second kappa shape index (κ2) is 14.8. The Morgan fingerprint density at radius 1 is 0.422 bits per heavy atom. The second-order valence-electron chi connectivity index (χ2n) is 17.3. The molecule has 0 saturated carbocycles. The molecule has 0 amide bonds. The quantitative estimate of drug-likeness (QED) is 0.167. The Morgan fingerprint density at radius 3 is 1.55 bits per heavy atom. The van der Waals surface area contributed by atoms with Gasteiger partial charge in [-0.25, -0.2) is 0 Å². The van der Waals surface area contributed by atoms with E-state index in [9.17, 15) is 0 Å². The summed E-state index contributed by atoms with van der Waals surface area (Å²) in [5.74, 6) is 2.67. The van der Waals surface area contributed by atoms with Gasteiger partial charge >= 0.3 is 0 Å². The highest BCUT2D eigenvalue weighted by atomic mass is 16.6. The minimum atomic E-state index is -0.863. The molecule has 3 aliphatic rings. The maximum Gasteiger partial charge on any atom is 0.194 e. The lowest BCUT2D eigenvalue weighted by Gasteiger charge is -2.45. The van der Waals surface area contributed by atoms with Crippen molar-refractivity contribution in [3.05, 3.63) is 263 Å². The van der Waals surface area contributed by atoms with E-state index in [4.69, 9.17) is 9.47 Å². The Kier molecular flexibility index (Phi) is 8.70. The molecular weight excluding hydrogens is 781 g/mol. The van der Waals surface area contributed by atoms with E-state index in [1.807, 2.05) is 24.3 Å². The molecule has 0 fully saturated rings. The summed E-state index contributed by atoms with van der Waals surface area (Å²) in [5.41, 5.74) is 14.3. The molecule has 12 rings (SSSR count). The molecule has 64 heavy (non-hydrogen) atoms. The molecule has 0 unspecified atom stereocenters. The molecule has 9 aromatic carbocycles. The fourth-order valence-corrected chi connectivity index (χ4v) is 10.5. The van der Waals surface area contributed by atoms with Crippen molar-refractivity contribution in [2.24, 2.45) is 0 Å². The Bertz CT molecular complexity index is 3160. The monoisotopic (exact) mass is 824 g/mol. The van der Waals surface area contributed by atoms with Crippen molar-refractivity contribution in [3.8, 4) is 23.0 Å². The molecular formula is C60H44N2O2. The van der Waals surface area contributed by atoms with Gasteiger partial charge in [-0.15, -0.1) is 0 Å². The van der Waals surface area contributed by atoms with Gasteiger partial charge in [-0.3, -0.25) is 0 Å². The van der Waals surface area contributed by atoms with Gasteiger partial charge in [0.15, 0.2) is 23.0 Å². The van der Waals surface area contributed by atoms with Crippen LogP contribution in [0.15, 0.2) is 218 Å². The summed E-state index contributed by atoms with van der Waals surface area (Å²) in [4.78, 5) is 4.77. The van der Waals surface area contributed by atoms with Gasteiger partial charge in [0.1, 0.15) is 0 Å². The number of fused-ring (bicyclic) bond motifs is 7. The molecule has 0 spiro atoms. The van der Waals surface area contributed by atoms with Gasteiger partial charge in [-0.1, -0.05) is 172 Å². The van der Waals surface area contributed by atoms with Crippen LogP contribution < -0.4 is 19.3 Å². The first kappa shape index (κ1) is 37.7. The average Bonchev–Trinajstić information content (AvgIpc) is 3.49. The van der Waals surface area contributed by atoms with Gasteiger partial charge in [-0.05, 0) is 112 Å². The van der Waals surface area contributed by atoms with Crippen LogP contribution in [-0.4, -0.2) is 0 Å². The van der Waals surface area contributed by atoms with Crippen molar-refractivity contribution in [2.75, 3.05) is 9.80 Å². The summed E-state index contributed by atoms with van der Waals surface area (Å²) in [6.45, 7) is 4.73. The topological polar surface area (TPSA) is 24.9 Å². The fourth-order valence-electron chi connectivity index (χ4n) is 10.5. The summed E-state index contributed by atoms with van der Waals surface area (Å²) in [7, 11) is 0. The Labute approximate surface area is 374 Å². The SMILES string of the molecule is CC1(C)c2ccccc2N(c2ccccc2)c2cc3c(cc21)C=Cc1c(cc(N(c2ccccc2)c2ccccc2)c2c1Oc1ccccc1O2)C3(c1ccccc1)c1ccccc1. The van der Waals surface area contributed by atoms with Gasteiger partial charge in [0.2, 0.25) is 0 Å². The lowest BCUT2D eigenvalue weighted by molar-refractivity contribution is 0.359. The standard InChI is InChI=1S/C60H44N2O2/c1-59(2)48-32-18-19-33-52(48)62(46-30-16-7-17-31-46)53-39-49-41(38-51(53)59)36-37-47-50(60(49,42-22-8-3-9-23-42)43-24-10-4-11-25-43)40-54(58-57(47)63-55-34-20-21-35-56(55)64-58)61(44-26-12-5-13-27-44)45-28-14-6-15-29-45/h3-40H,1-2H3. The molecule has 4 nitrogen and oxygen atoms in total. The number of nitrogens with zero attached hydrogens (tertiary/aromatic N) is 2. The molecule has 0 bridgehead atoms. The van der Waals surface area contributed by atoms with Crippen molar-refractivity contribution in [3.63, 3.8) is 0 Å². The van der Waals surface area contributed by atoms with E-state index in [2.05, 4.69) is 230 Å². The van der Waals surface area contributed by atoms with E-state index in [0.717, 1.165) is 56.3 Å². The van der Waals surface area contributed by atoms with Crippen LogP contribution in [0.2, 0.25) is 0 Å². The third-order valence-electron chi connectivity index (χ3n) is 13.4. The van der Waals surface area contributed by atoms with Crippen molar-refractivity contribution >= 4 is 46.3 Å². The average molecular weight is 825 g/mol. The maximum atomic E-state index is 7.20. The predicted molar refractivity (Wildman–Crippen MR) is 262 cm³/mol. The Hall–Kier alpha value is -8.08. The zero-order chi connectivity index (χ0) is 42.8. The smallest absolute Gasteiger partial charge is 0.194 e. The summed E-state index contributed by atoms with van der Waals surface area (Å²) < 4.78 is 14.3. The molecule has 2 heterocycles. The third kappa shape index (κ3) is 5.69. The predicted octanol–water partition coefficient (Wildman–Crippen LogP) is 16.0. The lowest BCUT2D eigenvalue weighted by Crippen LogP contribution is -2.35. The van der Waals surface area contributed by atoms with Gasteiger partial charge in [0.25, 0.3) is 0 Å². The molecule has 306 valence electrons. The summed E-state index contributed by atoms with van der Waals surface area (Å²) in [5, 5.41) is 0. The molecule has 4 heteroatoms. The van der Waals surface area contributed by atoms with Crippen molar-refractivity contribution in [1.82, 2.24) is 0 Å². The molecule has 0 saturated heterocycles. The van der Waals surface area contributed by atoms with Crippen molar-refractivity contribution in [1.29, 1.82) is 0 Å². The van der Waals surface area contributed by atoms with E-state index in [0.29, 0.717) is 23.0 Å². The lowest BCUT2D eigenvalue weighted by atomic mass is 9.62. The minimum absolute atomic E-state index is 0.305. The zero-order valence-electron chi connectivity index (χ0n) is 35.7. The number of hydrogen-bond acceptors (Lipinski definition) is 4. The van der Waals surface area contributed by atoms with Crippen LogP contribution in [-0.2, 0) is 10.8 Å². The van der Waals surface area contributed by atoms with Gasteiger partial charge in [0, 0.05) is 28.0 Å². The van der Waals surface area contributed by atoms with Crippen LogP contribution in [0.4, 0.5) is 34.1 Å². The fraction of sp³-hybridized carbons (Fsp3) is 0.0667. The highest BCUT2D eigenvalue weighted by molar-refractivity contribution is 5.94. The second-order valence-corrected chi connectivity index (χ2v) is 17.3. The molecule has 0 radical (unpaired) electrons. The molecule has 1 aliphatic carbocycles. The van der Waals surface area contributed by atoms with E-state index >= 15 is 0 Å². The third-order valence-corrected chi connectivity index (χ3v) is 13.4. The van der Waals surface area contributed by atoms with Crippen LogP contribution in [0.25, 0.3) is 12.2 Å². The number of anilines is 6. The first-order valence-corrected chi connectivity index (χ1v) is 22.0. The number of rotatable bonds is 6. The molecule has 9 aromatic rings. The van der Waals surface area contributed by atoms with Crippen LogP contribution in [0.3, 0.4) is 0 Å². The van der Waals surface area contributed by atoms with E-state index in [-0.39, 0.29) is 5.41 Å². The zero-order valence-corrected chi connectivity index (χ0v) is 35.7. The largest absolute Gasteiger partial charge is 0.449 e. The molecule has 2 aliphatic heterocycles. The molecule has 0 N–H and O–H groups in total. The van der Waals surface area contributed by atoms with Gasteiger partial charge in [0.05, 0.1) is 22.5 Å². The summed E-state index contributed by atoms with van der Waals surface area (Å²) in [6.07, 6.45) is 4.57. The summed E-state index contributed by atoms with van der Waals surface area (Å²) in [6, 6.07) is 78.1. The Balaban J connectivity index is 1.25. The van der Waals surface area contributed by atoms with Crippen LogP contribution in [0.5, 0.6) is 23.0 Å². The van der Waals surface area contributed by atoms with E-state index in [1.165, 1.54) is 22.4 Å². The van der Waals surface area contributed by atoms with Crippen LogP contribution in [0, 0.1) is 0 Å². The van der Waals surface area contributed by atoms with E-state index < -0.39 is 5.41 Å². The number of para-hydroxylation sites is 6. The van der Waals surface area contributed by atoms with Gasteiger partial charge in [-0.2, -0.15) is 0 Å². The number of hydrogen-bond donors (Lipinski definition) is 0. The van der Waals surface area contributed by atoms with Gasteiger partial charge < -0.3 is 19.3 Å². The van der Waals surface area contributed by atoms with Crippen molar-refractivity contribution < 1.29 is 9.47 Å². The van der Waals surface area contributed by atoms with E-state index in [1.54, 1.807) is 0 Å². The first-order chi connectivity index (χ1) is 31.5. The first-order valence-electron chi connectivity index (χ1n) is 22.0. The highest BCUT2D eigenvalue weighted by Crippen LogP contribution is 2.62. The van der Waals surface area contributed by atoms with Crippen molar-refractivity contribution in [2.45, 2.75) is 24.7 Å². The van der Waals surface area contributed by atoms with Crippen LogP contribution >= 0.6 is 0 Å². The minimum Gasteiger partial charge on any atom is -0.449 e. The Morgan fingerprint density at radius 2 is 0.938 bits per heavy atom. The van der Waals surface area contributed by atoms with Crippen LogP contribution in [0.1, 0.15) is 58.4 Å². The normalized spacial score (nSPS) is 14.5. The summed E-state index contributed by atoms with van der Waals surface area (Å²) >= 11 is 0.